The van der Waals surface area contributed by atoms with E-state index in [1.54, 1.807) is 18.2 Å². The van der Waals surface area contributed by atoms with Gasteiger partial charge < -0.3 is 15.5 Å². The van der Waals surface area contributed by atoms with E-state index in [2.05, 4.69) is 20.6 Å². The number of anilines is 1. The lowest BCUT2D eigenvalue weighted by Crippen LogP contribution is -2.48. The van der Waals surface area contributed by atoms with Crippen molar-refractivity contribution in [1.82, 2.24) is 20.4 Å². The first-order chi connectivity index (χ1) is 13.2. The van der Waals surface area contributed by atoms with Gasteiger partial charge in [-0.1, -0.05) is 6.07 Å². The molecule has 2 unspecified atom stereocenters. The summed E-state index contributed by atoms with van der Waals surface area (Å²) in [5.74, 6) is -0.370. The minimum Gasteiger partial charge on any atom is -0.369 e. The van der Waals surface area contributed by atoms with Crippen LogP contribution in [0.25, 0.3) is 0 Å². The lowest BCUT2D eigenvalue weighted by atomic mass is 10.0. The number of halogens is 2. The van der Waals surface area contributed by atoms with Crippen LogP contribution in [0.15, 0.2) is 36.5 Å². The third-order valence-corrected chi connectivity index (χ3v) is 5.42. The number of nitrogens with one attached hydrogen (secondary N) is 2. The van der Waals surface area contributed by atoms with Crippen LogP contribution < -0.4 is 15.5 Å². The van der Waals surface area contributed by atoms with Gasteiger partial charge in [-0.05, 0) is 56.5 Å². The van der Waals surface area contributed by atoms with Gasteiger partial charge in [-0.25, -0.2) is 4.39 Å². The van der Waals surface area contributed by atoms with Crippen LogP contribution in [0.1, 0.15) is 42.2 Å². The van der Waals surface area contributed by atoms with E-state index in [0.29, 0.717) is 18.3 Å². The molecular weight excluding hydrogens is 381 g/mol. The van der Waals surface area contributed by atoms with Crippen LogP contribution in [0.5, 0.6) is 0 Å². The Hall–Kier alpha value is -2.12. The summed E-state index contributed by atoms with van der Waals surface area (Å²) in [5, 5.41) is 11.0. The molecule has 0 radical (unpaired) electrons. The van der Waals surface area contributed by atoms with Crippen LogP contribution in [0.4, 0.5) is 10.1 Å². The molecule has 2 saturated heterocycles. The molecule has 2 fully saturated rings. The van der Waals surface area contributed by atoms with Crippen molar-refractivity contribution in [3.63, 3.8) is 0 Å². The first kappa shape index (κ1) is 20.6. The first-order valence-corrected chi connectivity index (χ1v) is 9.76. The van der Waals surface area contributed by atoms with Crippen LogP contribution in [0.2, 0.25) is 0 Å². The van der Waals surface area contributed by atoms with Crippen molar-refractivity contribution in [1.29, 1.82) is 0 Å². The van der Waals surface area contributed by atoms with Gasteiger partial charge >= 0.3 is 0 Å². The second-order valence-corrected chi connectivity index (χ2v) is 7.42. The molecule has 2 aromatic rings. The van der Waals surface area contributed by atoms with E-state index >= 15 is 0 Å². The molecular formula is C20H27ClFN5O. The van der Waals surface area contributed by atoms with Crippen LogP contribution in [0.3, 0.4) is 0 Å². The van der Waals surface area contributed by atoms with E-state index < -0.39 is 0 Å². The molecule has 2 aliphatic heterocycles. The molecule has 0 aliphatic carbocycles. The summed E-state index contributed by atoms with van der Waals surface area (Å²) in [5.41, 5.74) is 1.33. The second kappa shape index (κ2) is 9.39. The van der Waals surface area contributed by atoms with Crippen molar-refractivity contribution in [3.05, 3.63) is 48.0 Å². The van der Waals surface area contributed by atoms with E-state index in [0.717, 1.165) is 51.0 Å². The molecule has 2 atom stereocenters. The van der Waals surface area contributed by atoms with Crippen molar-refractivity contribution in [2.75, 3.05) is 31.1 Å². The van der Waals surface area contributed by atoms with Gasteiger partial charge in [0.15, 0.2) is 0 Å². The maximum Gasteiger partial charge on any atom is 0.272 e. The zero-order valence-corrected chi connectivity index (χ0v) is 16.6. The van der Waals surface area contributed by atoms with Gasteiger partial charge in [-0.3, -0.25) is 9.48 Å². The molecule has 4 rings (SSSR count). The summed E-state index contributed by atoms with van der Waals surface area (Å²) in [4.78, 5) is 14.8. The monoisotopic (exact) mass is 407 g/mol. The van der Waals surface area contributed by atoms with E-state index in [9.17, 15) is 9.18 Å². The van der Waals surface area contributed by atoms with Crippen molar-refractivity contribution in [3.8, 4) is 0 Å². The molecule has 1 amide bonds. The van der Waals surface area contributed by atoms with E-state index in [-0.39, 0.29) is 30.2 Å². The Kier molecular flexibility index (Phi) is 6.91. The largest absolute Gasteiger partial charge is 0.369 e. The van der Waals surface area contributed by atoms with Gasteiger partial charge in [-0.15, -0.1) is 12.4 Å². The predicted molar refractivity (Wildman–Crippen MR) is 110 cm³/mol. The van der Waals surface area contributed by atoms with E-state index in [4.69, 9.17) is 0 Å². The third-order valence-electron chi connectivity index (χ3n) is 5.42. The zero-order valence-electron chi connectivity index (χ0n) is 15.8. The van der Waals surface area contributed by atoms with Crippen LogP contribution in [-0.4, -0.2) is 47.9 Å². The topological polar surface area (TPSA) is 62.2 Å². The number of benzene rings is 1. The fraction of sp³-hybridized carbons (Fsp3) is 0.500. The Labute approximate surface area is 170 Å². The normalized spacial score (nSPS) is 22.4. The van der Waals surface area contributed by atoms with Crippen LogP contribution in [-0.2, 0) is 0 Å². The van der Waals surface area contributed by atoms with Gasteiger partial charge in [0.05, 0.1) is 6.04 Å². The summed E-state index contributed by atoms with van der Waals surface area (Å²) in [7, 11) is 0. The van der Waals surface area contributed by atoms with Gasteiger partial charge in [0.1, 0.15) is 11.5 Å². The maximum atomic E-state index is 13.5. The fourth-order valence-corrected chi connectivity index (χ4v) is 3.98. The highest BCUT2D eigenvalue weighted by atomic mass is 35.5. The van der Waals surface area contributed by atoms with Gasteiger partial charge in [0, 0.05) is 37.6 Å². The molecule has 0 bridgehead atoms. The van der Waals surface area contributed by atoms with Gasteiger partial charge in [0.25, 0.3) is 5.91 Å². The summed E-state index contributed by atoms with van der Waals surface area (Å²) >= 11 is 0. The molecule has 28 heavy (non-hydrogen) atoms. The fourth-order valence-electron chi connectivity index (χ4n) is 3.98. The number of carbonyl (C=O) groups is 1. The summed E-state index contributed by atoms with van der Waals surface area (Å²) in [6, 6.07) is 8.77. The number of rotatable bonds is 4. The zero-order chi connectivity index (χ0) is 18.6. The number of aromatic nitrogens is 2. The average Bonchev–Trinajstić information content (AvgIpc) is 3.19. The lowest BCUT2D eigenvalue weighted by Gasteiger charge is -2.34. The molecule has 6 nitrogen and oxygen atoms in total. The molecule has 152 valence electrons. The standard InChI is InChI=1S/C20H26FN5O.ClH/c21-15-4-1-6-17(12-15)25-10-3-5-16(14-25)23-20(27)19-8-11-26(24-19)18-7-2-9-22-13-18;/h1,4,6,8,11-12,16,18,22H,2-3,5,7,9-10,13-14H2,(H,23,27);1H. The number of piperidine rings is 2. The highest BCUT2D eigenvalue weighted by Crippen LogP contribution is 2.21. The van der Waals surface area contributed by atoms with Crippen molar-refractivity contribution < 1.29 is 9.18 Å². The minimum atomic E-state index is -0.235. The lowest BCUT2D eigenvalue weighted by molar-refractivity contribution is 0.0926. The number of hydrogen-bond donors (Lipinski definition) is 2. The van der Waals surface area contributed by atoms with Crippen molar-refractivity contribution >= 4 is 24.0 Å². The number of hydrogen-bond acceptors (Lipinski definition) is 4. The maximum absolute atomic E-state index is 13.5. The van der Waals surface area contributed by atoms with Gasteiger partial charge in [0.2, 0.25) is 0 Å². The van der Waals surface area contributed by atoms with E-state index in [1.165, 1.54) is 6.07 Å². The molecule has 8 heteroatoms. The SMILES string of the molecule is Cl.O=C(NC1CCCN(c2cccc(F)c2)C1)c1ccn(C2CCCNC2)n1. The minimum absolute atomic E-state index is 0. The quantitative estimate of drug-likeness (QED) is 0.818. The summed E-state index contributed by atoms with van der Waals surface area (Å²) in [6.07, 6.45) is 5.99. The average molecular weight is 408 g/mol. The summed E-state index contributed by atoms with van der Waals surface area (Å²) in [6.45, 7) is 3.50. The van der Waals surface area contributed by atoms with Gasteiger partial charge in [-0.2, -0.15) is 5.10 Å². The third kappa shape index (κ3) is 4.83. The number of nitrogens with zero attached hydrogens (tertiary/aromatic N) is 3. The molecule has 3 heterocycles. The van der Waals surface area contributed by atoms with Crippen molar-refractivity contribution in [2.45, 2.75) is 37.8 Å². The smallest absolute Gasteiger partial charge is 0.272 e. The molecule has 2 N–H and O–H groups in total. The van der Waals surface area contributed by atoms with Crippen molar-refractivity contribution in [2.24, 2.45) is 0 Å². The Morgan fingerprint density at radius 2 is 2.14 bits per heavy atom. The second-order valence-electron chi connectivity index (χ2n) is 7.42. The number of amides is 1. The Morgan fingerprint density at radius 1 is 1.25 bits per heavy atom. The highest BCUT2D eigenvalue weighted by Gasteiger charge is 2.24. The predicted octanol–water partition coefficient (Wildman–Crippen LogP) is 2.77. The molecule has 0 spiro atoms. The Morgan fingerprint density at radius 3 is 2.93 bits per heavy atom. The Balaban J connectivity index is 0.00000225. The van der Waals surface area contributed by atoms with Crippen LogP contribution >= 0.6 is 12.4 Å². The number of carbonyl (C=O) groups excluding carboxylic acids is 1. The molecule has 0 saturated carbocycles. The first-order valence-electron chi connectivity index (χ1n) is 9.76. The Bertz CT molecular complexity index is 792. The molecule has 1 aromatic carbocycles. The highest BCUT2D eigenvalue weighted by molar-refractivity contribution is 5.92. The molecule has 1 aromatic heterocycles. The molecule has 2 aliphatic rings. The van der Waals surface area contributed by atoms with Crippen LogP contribution in [0, 0.1) is 5.82 Å². The van der Waals surface area contributed by atoms with E-state index in [1.807, 2.05) is 16.9 Å². The summed E-state index contributed by atoms with van der Waals surface area (Å²) < 4.78 is 15.4.